The molecule has 0 aliphatic carbocycles. The highest BCUT2D eigenvalue weighted by molar-refractivity contribution is 5.41. The number of aromatic nitrogens is 2. The Morgan fingerprint density at radius 3 is 2.82 bits per heavy atom. The van der Waals surface area contributed by atoms with E-state index in [-0.39, 0.29) is 17.7 Å². The van der Waals surface area contributed by atoms with E-state index < -0.39 is 0 Å². The largest absolute Gasteiger partial charge is 0.381 e. The first-order valence-electron chi connectivity index (χ1n) is 7.68. The second-order valence-electron chi connectivity index (χ2n) is 5.49. The fourth-order valence-electron chi connectivity index (χ4n) is 2.85. The van der Waals surface area contributed by atoms with Crippen LogP contribution in [0.1, 0.15) is 30.6 Å². The van der Waals surface area contributed by atoms with Gasteiger partial charge in [0.15, 0.2) is 11.6 Å². The number of rotatable bonds is 5. The third-order valence-electron chi connectivity index (χ3n) is 4.08. The minimum absolute atomic E-state index is 0.0159. The van der Waals surface area contributed by atoms with Gasteiger partial charge in [0.05, 0.1) is 18.3 Å². The monoisotopic (exact) mass is 301 g/mol. The predicted octanol–water partition coefficient (Wildman–Crippen LogP) is 3.37. The van der Waals surface area contributed by atoms with Crippen LogP contribution in [-0.2, 0) is 11.2 Å². The number of nitrogens with zero attached hydrogens (tertiary/aromatic N) is 2. The van der Waals surface area contributed by atoms with Crippen LogP contribution in [0.25, 0.3) is 0 Å². The van der Waals surface area contributed by atoms with E-state index in [1.165, 1.54) is 6.33 Å². The summed E-state index contributed by atoms with van der Waals surface area (Å²) in [4.78, 5) is 8.07. The minimum atomic E-state index is -0.357. The summed E-state index contributed by atoms with van der Waals surface area (Å²) in [7, 11) is 0. The zero-order valence-electron chi connectivity index (χ0n) is 12.6. The average Bonchev–Trinajstić information content (AvgIpc) is 3.09. The first kappa shape index (κ1) is 14.9. The lowest BCUT2D eigenvalue weighted by atomic mass is 9.92. The normalized spacial score (nSPS) is 19.1. The second kappa shape index (κ2) is 6.83. The van der Waals surface area contributed by atoms with Gasteiger partial charge < -0.3 is 10.1 Å². The van der Waals surface area contributed by atoms with E-state index in [4.69, 9.17) is 4.74 Å². The van der Waals surface area contributed by atoms with E-state index in [0.717, 1.165) is 18.6 Å². The van der Waals surface area contributed by atoms with Crippen LogP contribution in [-0.4, -0.2) is 23.2 Å². The molecule has 3 rings (SSSR count). The third kappa shape index (κ3) is 3.09. The molecule has 1 fully saturated rings. The minimum Gasteiger partial charge on any atom is -0.381 e. The van der Waals surface area contributed by atoms with Crippen LogP contribution in [0.4, 0.5) is 10.2 Å². The van der Waals surface area contributed by atoms with E-state index in [1.54, 1.807) is 0 Å². The molecule has 116 valence electrons. The van der Waals surface area contributed by atoms with Crippen molar-refractivity contribution >= 4 is 5.82 Å². The second-order valence-corrected chi connectivity index (χ2v) is 5.49. The van der Waals surface area contributed by atoms with E-state index >= 15 is 0 Å². The Morgan fingerprint density at radius 1 is 1.32 bits per heavy atom. The standard InChI is InChI=1S/C17H20FN3O/c1-2-14-15(18)17(20-11-19-14)21-16(13-8-9-22-10-13)12-6-4-3-5-7-12/h3-7,11,13,16H,2,8-10H2,1H3,(H,19,20,21)/t13-,16-/m1/s1. The lowest BCUT2D eigenvalue weighted by Gasteiger charge is -2.25. The fourth-order valence-corrected chi connectivity index (χ4v) is 2.85. The molecule has 4 nitrogen and oxygen atoms in total. The summed E-state index contributed by atoms with van der Waals surface area (Å²) in [6, 6.07) is 10.1. The van der Waals surface area contributed by atoms with Crippen molar-refractivity contribution in [1.29, 1.82) is 0 Å². The van der Waals surface area contributed by atoms with Crippen molar-refractivity contribution in [3.8, 4) is 0 Å². The first-order valence-corrected chi connectivity index (χ1v) is 7.68. The number of hydrogen-bond donors (Lipinski definition) is 1. The number of anilines is 1. The van der Waals surface area contributed by atoms with Crippen LogP contribution < -0.4 is 5.32 Å². The average molecular weight is 301 g/mol. The van der Waals surface area contributed by atoms with Crippen molar-refractivity contribution in [3.63, 3.8) is 0 Å². The SMILES string of the molecule is CCc1ncnc(N[C@H](c2ccccc2)[C@@H]2CCOC2)c1F. The molecule has 1 aromatic carbocycles. The van der Waals surface area contributed by atoms with E-state index in [1.807, 2.05) is 25.1 Å². The van der Waals surface area contributed by atoms with Crippen LogP contribution in [0.15, 0.2) is 36.7 Å². The van der Waals surface area contributed by atoms with E-state index in [2.05, 4.69) is 27.4 Å². The van der Waals surface area contributed by atoms with Gasteiger partial charge in [0.1, 0.15) is 6.33 Å². The summed E-state index contributed by atoms with van der Waals surface area (Å²) in [5.41, 5.74) is 1.56. The number of aryl methyl sites for hydroxylation is 1. The molecule has 1 N–H and O–H groups in total. The van der Waals surface area contributed by atoms with Crippen molar-refractivity contribution in [2.75, 3.05) is 18.5 Å². The molecule has 1 aliphatic rings. The Morgan fingerprint density at radius 2 is 2.14 bits per heavy atom. The molecule has 5 heteroatoms. The quantitative estimate of drug-likeness (QED) is 0.920. The molecule has 0 radical (unpaired) electrons. The highest BCUT2D eigenvalue weighted by Crippen LogP contribution is 2.32. The van der Waals surface area contributed by atoms with Crippen LogP contribution in [0, 0.1) is 11.7 Å². The lowest BCUT2D eigenvalue weighted by Crippen LogP contribution is -2.23. The van der Waals surface area contributed by atoms with Crippen molar-refractivity contribution in [2.45, 2.75) is 25.8 Å². The maximum atomic E-state index is 14.4. The first-order chi connectivity index (χ1) is 10.8. The number of nitrogens with one attached hydrogen (secondary N) is 1. The van der Waals surface area contributed by atoms with Gasteiger partial charge in [0, 0.05) is 12.5 Å². The zero-order chi connectivity index (χ0) is 15.4. The molecule has 1 aromatic heterocycles. The van der Waals surface area contributed by atoms with Gasteiger partial charge in [-0.3, -0.25) is 0 Å². The van der Waals surface area contributed by atoms with Crippen LogP contribution in [0.2, 0.25) is 0 Å². The molecule has 0 amide bonds. The van der Waals surface area contributed by atoms with Gasteiger partial charge in [-0.25, -0.2) is 14.4 Å². The summed E-state index contributed by atoms with van der Waals surface area (Å²) >= 11 is 0. The van der Waals surface area contributed by atoms with Crippen LogP contribution >= 0.6 is 0 Å². The smallest absolute Gasteiger partial charge is 0.186 e. The summed E-state index contributed by atoms with van der Waals surface area (Å²) < 4.78 is 19.9. The molecule has 2 atom stereocenters. The molecular weight excluding hydrogens is 281 g/mol. The Bertz CT molecular complexity index is 615. The molecule has 0 saturated carbocycles. The van der Waals surface area contributed by atoms with Gasteiger partial charge in [-0.05, 0) is 18.4 Å². The van der Waals surface area contributed by atoms with Crippen LogP contribution in [0.5, 0.6) is 0 Å². The molecule has 0 bridgehead atoms. The molecule has 22 heavy (non-hydrogen) atoms. The maximum absolute atomic E-state index is 14.4. The Labute approximate surface area is 129 Å². The summed E-state index contributed by atoms with van der Waals surface area (Å²) in [6.45, 7) is 3.32. The fraction of sp³-hybridized carbons (Fsp3) is 0.412. The van der Waals surface area contributed by atoms with Gasteiger partial charge in [0.2, 0.25) is 0 Å². The molecule has 0 spiro atoms. The predicted molar refractivity (Wildman–Crippen MR) is 83.1 cm³/mol. The number of ether oxygens (including phenoxy) is 1. The van der Waals surface area contributed by atoms with E-state index in [9.17, 15) is 4.39 Å². The molecular formula is C17H20FN3O. The highest BCUT2D eigenvalue weighted by atomic mass is 19.1. The number of halogens is 1. The summed E-state index contributed by atoms with van der Waals surface area (Å²) in [6.07, 6.45) is 2.92. The zero-order valence-corrected chi connectivity index (χ0v) is 12.6. The maximum Gasteiger partial charge on any atom is 0.186 e. The van der Waals surface area contributed by atoms with Crippen molar-refractivity contribution < 1.29 is 9.13 Å². The number of benzene rings is 1. The van der Waals surface area contributed by atoms with Crippen LogP contribution in [0.3, 0.4) is 0 Å². The Balaban J connectivity index is 1.90. The topological polar surface area (TPSA) is 47.0 Å². The van der Waals surface area contributed by atoms with Crippen molar-refractivity contribution in [1.82, 2.24) is 9.97 Å². The van der Waals surface area contributed by atoms with Gasteiger partial charge in [-0.1, -0.05) is 37.3 Å². The third-order valence-corrected chi connectivity index (χ3v) is 4.08. The number of hydrogen-bond acceptors (Lipinski definition) is 4. The molecule has 1 saturated heterocycles. The van der Waals surface area contributed by atoms with Gasteiger partial charge in [0.25, 0.3) is 0 Å². The van der Waals surface area contributed by atoms with Crippen molar-refractivity contribution in [3.05, 3.63) is 53.7 Å². The molecule has 2 aromatic rings. The van der Waals surface area contributed by atoms with Gasteiger partial charge >= 0.3 is 0 Å². The van der Waals surface area contributed by atoms with Gasteiger partial charge in [-0.15, -0.1) is 0 Å². The van der Waals surface area contributed by atoms with Crippen molar-refractivity contribution in [2.24, 2.45) is 5.92 Å². The lowest BCUT2D eigenvalue weighted by molar-refractivity contribution is 0.182. The Kier molecular flexibility index (Phi) is 4.63. The summed E-state index contributed by atoms with van der Waals surface area (Å²) in [5.74, 6) is 0.222. The Hall–Kier alpha value is -2.01. The summed E-state index contributed by atoms with van der Waals surface area (Å²) in [5, 5.41) is 3.27. The highest BCUT2D eigenvalue weighted by Gasteiger charge is 2.28. The molecule has 0 unspecified atom stereocenters. The molecule has 2 heterocycles. The van der Waals surface area contributed by atoms with Gasteiger partial charge in [-0.2, -0.15) is 0 Å². The molecule has 1 aliphatic heterocycles. The van der Waals surface area contributed by atoms with E-state index in [0.29, 0.717) is 24.6 Å².